The summed E-state index contributed by atoms with van der Waals surface area (Å²) in [4.78, 5) is 0. The molecule has 0 aromatic heterocycles. The zero-order valence-corrected chi connectivity index (χ0v) is 10.8. The summed E-state index contributed by atoms with van der Waals surface area (Å²) in [6.45, 7) is 3.45. The van der Waals surface area contributed by atoms with E-state index in [1.54, 1.807) is 19.9 Å². The Morgan fingerprint density at radius 2 is 1.94 bits per heavy atom. The van der Waals surface area contributed by atoms with Gasteiger partial charge >= 0.3 is 12.5 Å². The largest absolute Gasteiger partial charge is 0.461 e. The molecule has 0 aliphatic heterocycles. The second kappa shape index (κ2) is 5.25. The molecule has 0 bridgehead atoms. The lowest BCUT2D eigenvalue weighted by molar-refractivity contribution is -0.253. The average Bonchev–Trinajstić information content (AvgIpc) is 2.23. The molecule has 0 fully saturated rings. The van der Waals surface area contributed by atoms with E-state index in [-0.39, 0.29) is 10.2 Å². The summed E-state index contributed by atoms with van der Waals surface area (Å²) in [5.41, 5.74) is 1.20. The predicted octanol–water partition coefficient (Wildman–Crippen LogP) is 4.56. The van der Waals surface area contributed by atoms with Gasteiger partial charge in [0.05, 0.1) is 4.47 Å². The van der Waals surface area contributed by atoms with Gasteiger partial charge in [0, 0.05) is 0 Å². The minimum absolute atomic E-state index is 0.224. The summed E-state index contributed by atoms with van der Waals surface area (Å²) in [5, 5.41) is 0. The number of benzene rings is 1. The number of halogens is 5. The molecule has 0 atom stereocenters. The van der Waals surface area contributed by atoms with Crippen LogP contribution in [0.3, 0.4) is 0 Å². The normalized spacial score (nSPS) is 12.0. The highest BCUT2D eigenvalue weighted by atomic mass is 79.9. The molecule has 0 saturated heterocycles. The van der Waals surface area contributed by atoms with Crippen molar-refractivity contribution in [1.29, 1.82) is 0 Å². The quantitative estimate of drug-likeness (QED) is 0.740. The Bertz CT molecular complexity index is 407. The lowest BCUT2D eigenvalue weighted by atomic mass is 10.1. The van der Waals surface area contributed by atoms with E-state index in [2.05, 4.69) is 20.7 Å². The average molecular weight is 315 g/mol. The monoisotopic (exact) mass is 314 g/mol. The molecule has 96 valence electrons. The van der Waals surface area contributed by atoms with Crippen molar-refractivity contribution < 1.29 is 22.3 Å². The minimum atomic E-state index is -4.49. The Balaban J connectivity index is 3.18. The fraction of sp³-hybridized carbons (Fsp3) is 0.455. The van der Waals surface area contributed by atoms with Gasteiger partial charge in [0.15, 0.2) is 0 Å². The second-order valence-electron chi connectivity index (χ2n) is 3.49. The van der Waals surface area contributed by atoms with Crippen LogP contribution in [0.25, 0.3) is 0 Å². The van der Waals surface area contributed by atoms with Gasteiger partial charge in [0.1, 0.15) is 5.75 Å². The van der Waals surface area contributed by atoms with Crippen molar-refractivity contribution in [2.45, 2.75) is 32.8 Å². The molecule has 0 heterocycles. The summed E-state index contributed by atoms with van der Waals surface area (Å²) in [7, 11) is 0. The zero-order chi connectivity index (χ0) is 13.2. The molecule has 17 heavy (non-hydrogen) atoms. The summed E-state index contributed by atoms with van der Waals surface area (Å²) in [6.07, 6.45) is -7.93. The van der Waals surface area contributed by atoms with Crippen LogP contribution in [0.1, 0.15) is 18.1 Å². The Kier molecular flexibility index (Phi) is 4.41. The number of alkyl halides is 4. The van der Waals surface area contributed by atoms with Crippen LogP contribution in [0.15, 0.2) is 16.6 Å². The summed E-state index contributed by atoms with van der Waals surface area (Å²) in [5.74, 6) is -0.224. The molecule has 1 rings (SSSR count). The lowest BCUT2D eigenvalue weighted by Gasteiger charge is -2.20. The Hall–Kier alpha value is -0.780. The van der Waals surface area contributed by atoms with Gasteiger partial charge in [0.25, 0.3) is 0 Å². The van der Waals surface area contributed by atoms with Crippen LogP contribution in [0.4, 0.5) is 17.6 Å². The topological polar surface area (TPSA) is 9.23 Å². The Morgan fingerprint density at radius 3 is 2.41 bits per heavy atom. The van der Waals surface area contributed by atoms with Crippen LogP contribution in [0.2, 0.25) is 0 Å². The van der Waals surface area contributed by atoms with Crippen LogP contribution in [-0.4, -0.2) is 12.5 Å². The summed E-state index contributed by atoms with van der Waals surface area (Å²) >= 11 is 3.02. The Labute approximate surface area is 105 Å². The highest BCUT2D eigenvalue weighted by Gasteiger charge is 2.44. The zero-order valence-electron chi connectivity index (χ0n) is 9.24. The van der Waals surface area contributed by atoms with Crippen LogP contribution >= 0.6 is 15.9 Å². The van der Waals surface area contributed by atoms with Gasteiger partial charge in [-0.3, -0.25) is 0 Å². The molecular formula is C11H11BrF4O. The molecule has 6 heteroatoms. The van der Waals surface area contributed by atoms with Gasteiger partial charge in [-0.15, -0.1) is 0 Å². The van der Waals surface area contributed by atoms with E-state index in [1.807, 2.05) is 0 Å². The van der Waals surface area contributed by atoms with Gasteiger partial charge < -0.3 is 4.74 Å². The first-order valence-corrected chi connectivity index (χ1v) is 5.71. The SMILES string of the molecule is CCc1c(C)ccc(Br)c1OC(F)(F)C(F)F. The maximum absolute atomic E-state index is 12.9. The number of ether oxygens (including phenoxy) is 1. The molecule has 0 spiro atoms. The first-order valence-electron chi connectivity index (χ1n) is 4.92. The van der Waals surface area contributed by atoms with Crippen molar-refractivity contribution in [2.24, 2.45) is 0 Å². The third-order valence-electron chi connectivity index (χ3n) is 2.29. The van der Waals surface area contributed by atoms with Crippen molar-refractivity contribution in [1.82, 2.24) is 0 Å². The highest BCUT2D eigenvalue weighted by molar-refractivity contribution is 9.10. The molecule has 1 nitrogen and oxygen atoms in total. The standard InChI is InChI=1S/C11H11BrF4O/c1-3-7-6(2)4-5-8(12)9(7)17-11(15,16)10(13)14/h4-5,10H,3H2,1-2H3. The molecule has 0 N–H and O–H groups in total. The van der Waals surface area contributed by atoms with Crippen LogP contribution in [0, 0.1) is 6.92 Å². The fourth-order valence-electron chi connectivity index (χ4n) is 1.43. The molecule has 1 aromatic rings. The van der Waals surface area contributed by atoms with E-state index < -0.39 is 12.5 Å². The maximum atomic E-state index is 12.9. The van der Waals surface area contributed by atoms with Crippen molar-refractivity contribution in [3.05, 3.63) is 27.7 Å². The minimum Gasteiger partial charge on any atom is -0.427 e. The van der Waals surface area contributed by atoms with Gasteiger partial charge in [-0.05, 0) is 46.5 Å². The van der Waals surface area contributed by atoms with E-state index >= 15 is 0 Å². The number of rotatable bonds is 4. The molecule has 0 aliphatic carbocycles. The molecule has 1 aromatic carbocycles. The van der Waals surface area contributed by atoms with Crippen LogP contribution < -0.4 is 4.74 Å². The predicted molar refractivity (Wildman–Crippen MR) is 59.8 cm³/mol. The van der Waals surface area contributed by atoms with Gasteiger partial charge in [-0.25, -0.2) is 0 Å². The molecule has 0 amide bonds. The molecular weight excluding hydrogens is 304 g/mol. The smallest absolute Gasteiger partial charge is 0.427 e. The summed E-state index contributed by atoms with van der Waals surface area (Å²) in [6, 6.07) is 3.20. The third kappa shape index (κ3) is 3.12. The number of aryl methyl sites for hydroxylation is 1. The van der Waals surface area contributed by atoms with E-state index in [9.17, 15) is 17.6 Å². The second-order valence-corrected chi connectivity index (χ2v) is 4.34. The first kappa shape index (κ1) is 14.3. The van der Waals surface area contributed by atoms with Crippen LogP contribution in [0.5, 0.6) is 5.75 Å². The van der Waals surface area contributed by atoms with E-state index in [4.69, 9.17) is 0 Å². The van der Waals surface area contributed by atoms with Crippen molar-refractivity contribution in [3.8, 4) is 5.75 Å². The first-order chi connectivity index (χ1) is 7.79. The van der Waals surface area contributed by atoms with E-state index in [0.29, 0.717) is 12.0 Å². The lowest BCUT2D eigenvalue weighted by Crippen LogP contribution is -2.34. The van der Waals surface area contributed by atoms with Crippen molar-refractivity contribution >= 4 is 15.9 Å². The fourth-order valence-corrected chi connectivity index (χ4v) is 1.88. The van der Waals surface area contributed by atoms with Crippen LogP contribution in [-0.2, 0) is 6.42 Å². The Morgan fingerprint density at radius 1 is 1.35 bits per heavy atom. The van der Waals surface area contributed by atoms with Gasteiger partial charge in [0.2, 0.25) is 0 Å². The van der Waals surface area contributed by atoms with Gasteiger partial charge in [-0.1, -0.05) is 13.0 Å². The third-order valence-corrected chi connectivity index (χ3v) is 2.92. The molecule has 0 unspecified atom stereocenters. The number of hydrogen-bond acceptors (Lipinski definition) is 1. The highest BCUT2D eigenvalue weighted by Crippen LogP contribution is 2.37. The van der Waals surface area contributed by atoms with E-state index in [0.717, 1.165) is 5.56 Å². The van der Waals surface area contributed by atoms with Crippen molar-refractivity contribution in [2.75, 3.05) is 0 Å². The summed E-state index contributed by atoms with van der Waals surface area (Å²) < 4.78 is 54.3. The van der Waals surface area contributed by atoms with Crippen molar-refractivity contribution in [3.63, 3.8) is 0 Å². The molecule has 0 saturated carbocycles. The molecule has 0 aliphatic rings. The van der Waals surface area contributed by atoms with Gasteiger partial charge in [-0.2, -0.15) is 17.6 Å². The maximum Gasteiger partial charge on any atom is 0.461 e. The molecule has 0 radical (unpaired) electrons. The number of hydrogen-bond donors (Lipinski definition) is 0. The van der Waals surface area contributed by atoms with E-state index in [1.165, 1.54) is 6.07 Å².